The number of benzene rings is 1. The third kappa shape index (κ3) is 2.16. The number of halogens is 2. The molecule has 3 heteroatoms. The molecule has 0 heterocycles. The standard InChI is InChI=1S/C8H9BrIN/c1-5-2-8(10)6(4-11)3-7(5)9/h2-3H,4,11H2,1H3. The normalized spacial score (nSPS) is 10.2. The summed E-state index contributed by atoms with van der Waals surface area (Å²) < 4.78 is 2.38. The summed E-state index contributed by atoms with van der Waals surface area (Å²) in [7, 11) is 0. The van der Waals surface area contributed by atoms with Crippen LogP contribution in [0.5, 0.6) is 0 Å². The lowest BCUT2D eigenvalue weighted by Crippen LogP contribution is -1.99. The highest BCUT2D eigenvalue weighted by atomic mass is 127. The Kier molecular flexibility index (Phi) is 3.33. The molecule has 60 valence electrons. The zero-order valence-electron chi connectivity index (χ0n) is 6.20. The zero-order chi connectivity index (χ0) is 8.43. The monoisotopic (exact) mass is 325 g/mol. The first-order valence-corrected chi connectivity index (χ1v) is 5.17. The van der Waals surface area contributed by atoms with Crippen LogP contribution in [0.2, 0.25) is 0 Å². The Bertz CT molecular complexity index is 273. The molecule has 0 spiro atoms. The van der Waals surface area contributed by atoms with Crippen molar-refractivity contribution in [2.45, 2.75) is 13.5 Å². The van der Waals surface area contributed by atoms with Crippen molar-refractivity contribution in [3.05, 3.63) is 31.3 Å². The van der Waals surface area contributed by atoms with Gasteiger partial charge in [0.1, 0.15) is 0 Å². The molecular formula is C8H9BrIN. The van der Waals surface area contributed by atoms with Crippen LogP contribution in [0.3, 0.4) is 0 Å². The molecular weight excluding hydrogens is 317 g/mol. The van der Waals surface area contributed by atoms with Crippen molar-refractivity contribution in [3.63, 3.8) is 0 Å². The van der Waals surface area contributed by atoms with Gasteiger partial charge in [0.15, 0.2) is 0 Å². The van der Waals surface area contributed by atoms with E-state index >= 15 is 0 Å². The highest BCUT2D eigenvalue weighted by Crippen LogP contribution is 2.22. The summed E-state index contributed by atoms with van der Waals surface area (Å²) in [5.41, 5.74) is 8.00. The van der Waals surface area contributed by atoms with E-state index in [-0.39, 0.29) is 0 Å². The van der Waals surface area contributed by atoms with Crippen LogP contribution < -0.4 is 5.73 Å². The molecule has 1 rings (SSSR count). The predicted octanol–water partition coefficient (Wildman–Crippen LogP) is 2.82. The second-order valence-corrected chi connectivity index (χ2v) is 4.41. The molecule has 0 unspecified atom stereocenters. The first-order chi connectivity index (χ1) is 5.15. The Morgan fingerprint density at radius 2 is 2.18 bits per heavy atom. The van der Waals surface area contributed by atoms with Gasteiger partial charge < -0.3 is 5.73 Å². The van der Waals surface area contributed by atoms with Crippen LogP contribution in [0.15, 0.2) is 16.6 Å². The van der Waals surface area contributed by atoms with Gasteiger partial charge in [0.2, 0.25) is 0 Å². The van der Waals surface area contributed by atoms with Gasteiger partial charge in [-0.1, -0.05) is 15.9 Å². The second-order valence-electron chi connectivity index (χ2n) is 2.40. The molecule has 2 N–H and O–H groups in total. The fraction of sp³-hybridized carbons (Fsp3) is 0.250. The Hall–Kier alpha value is 0.390. The quantitative estimate of drug-likeness (QED) is 0.789. The second kappa shape index (κ2) is 3.87. The minimum Gasteiger partial charge on any atom is -0.326 e. The predicted molar refractivity (Wildman–Crippen MR) is 59.5 cm³/mol. The Balaban J connectivity index is 3.21. The lowest BCUT2D eigenvalue weighted by atomic mass is 10.1. The molecule has 0 aliphatic heterocycles. The molecule has 1 nitrogen and oxygen atoms in total. The molecule has 0 saturated carbocycles. The minimum absolute atomic E-state index is 0.608. The molecule has 0 bridgehead atoms. The molecule has 0 fully saturated rings. The number of hydrogen-bond acceptors (Lipinski definition) is 1. The van der Waals surface area contributed by atoms with Crippen LogP contribution in [-0.4, -0.2) is 0 Å². The molecule has 0 amide bonds. The number of hydrogen-bond donors (Lipinski definition) is 1. The van der Waals surface area contributed by atoms with Crippen molar-refractivity contribution in [1.82, 2.24) is 0 Å². The first kappa shape index (κ1) is 9.48. The summed E-state index contributed by atoms with van der Waals surface area (Å²) in [6.45, 7) is 2.68. The van der Waals surface area contributed by atoms with E-state index in [2.05, 4.69) is 57.6 Å². The largest absolute Gasteiger partial charge is 0.326 e. The molecule has 0 aromatic heterocycles. The summed E-state index contributed by atoms with van der Waals surface area (Å²) in [4.78, 5) is 0. The fourth-order valence-corrected chi connectivity index (χ4v) is 2.08. The van der Waals surface area contributed by atoms with E-state index in [0.717, 1.165) is 4.47 Å². The van der Waals surface area contributed by atoms with Gasteiger partial charge in [0.05, 0.1) is 0 Å². The van der Waals surface area contributed by atoms with Gasteiger partial charge in [-0.2, -0.15) is 0 Å². The van der Waals surface area contributed by atoms with Crippen molar-refractivity contribution in [2.75, 3.05) is 0 Å². The molecule has 1 aromatic rings. The van der Waals surface area contributed by atoms with E-state index < -0.39 is 0 Å². The van der Waals surface area contributed by atoms with Crippen molar-refractivity contribution < 1.29 is 0 Å². The maximum Gasteiger partial charge on any atom is 0.0208 e. The first-order valence-electron chi connectivity index (χ1n) is 3.29. The van der Waals surface area contributed by atoms with E-state index in [0.29, 0.717) is 6.54 Å². The third-order valence-corrected chi connectivity index (χ3v) is 3.41. The van der Waals surface area contributed by atoms with Gasteiger partial charge in [-0.05, 0) is 52.8 Å². The van der Waals surface area contributed by atoms with E-state index in [4.69, 9.17) is 5.73 Å². The van der Waals surface area contributed by atoms with E-state index in [1.807, 2.05) is 0 Å². The Labute approximate surface area is 88.6 Å². The topological polar surface area (TPSA) is 26.0 Å². The van der Waals surface area contributed by atoms with Crippen molar-refractivity contribution in [1.29, 1.82) is 0 Å². The van der Waals surface area contributed by atoms with Crippen molar-refractivity contribution in [2.24, 2.45) is 5.73 Å². The van der Waals surface area contributed by atoms with E-state index in [9.17, 15) is 0 Å². The average molecular weight is 326 g/mol. The number of rotatable bonds is 1. The van der Waals surface area contributed by atoms with Gasteiger partial charge in [-0.25, -0.2) is 0 Å². The number of nitrogens with two attached hydrogens (primary N) is 1. The number of aryl methyl sites for hydroxylation is 1. The van der Waals surface area contributed by atoms with Crippen molar-refractivity contribution in [3.8, 4) is 0 Å². The summed E-state index contributed by atoms with van der Waals surface area (Å²) in [5, 5.41) is 0. The Morgan fingerprint density at radius 3 is 2.73 bits per heavy atom. The lowest BCUT2D eigenvalue weighted by Gasteiger charge is -2.04. The summed E-state index contributed by atoms with van der Waals surface area (Å²) in [6.07, 6.45) is 0. The van der Waals surface area contributed by atoms with Gasteiger partial charge in [0, 0.05) is 14.6 Å². The molecule has 0 radical (unpaired) electrons. The zero-order valence-corrected chi connectivity index (χ0v) is 9.94. The highest BCUT2D eigenvalue weighted by Gasteiger charge is 2.00. The van der Waals surface area contributed by atoms with E-state index in [1.54, 1.807) is 0 Å². The maximum absolute atomic E-state index is 5.54. The van der Waals surface area contributed by atoms with E-state index in [1.165, 1.54) is 14.7 Å². The summed E-state index contributed by atoms with van der Waals surface area (Å²) >= 11 is 5.76. The van der Waals surface area contributed by atoms with Crippen LogP contribution in [0, 0.1) is 10.5 Å². The molecule has 0 atom stereocenters. The molecule has 1 aromatic carbocycles. The maximum atomic E-state index is 5.54. The van der Waals surface area contributed by atoms with Gasteiger partial charge in [0.25, 0.3) is 0 Å². The van der Waals surface area contributed by atoms with Crippen LogP contribution in [0.4, 0.5) is 0 Å². The third-order valence-electron chi connectivity index (χ3n) is 1.55. The smallest absolute Gasteiger partial charge is 0.0208 e. The van der Waals surface area contributed by atoms with Gasteiger partial charge >= 0.3 is 0 Å². The molecule has 0 saturated heterocycles. The lowest BCUT2D eigenvalue weighted by molar-refractivity contribution is 1.05. The summed E-state index contributed by atoms with van der Waals surface area (Å²) in [5.74, 6) is 0. The van der Waals surface area contributed by atoms with Crippen LogP contribution >= 0.6 is 38.5 Å². The SMILES string of the molecule is Cc1cc(I)c(CN)cc1Br. The van der Waals surface area contributed by atoms with Crippen molar-refractivity contribution >= 4 is 38.5 Å². The van der Waals surface area contributed by atoms with Gasteiger partial charge in [-0.15, -0.1) is 0 Å². The average Bonchev–Trinajstić information content (AvgIpc) is 1.97. The molecule has 0 aliphatic rings. The Morgan fingerprint density at radius 1 is 1.55 bits per heavy atom. The van der Waals surface area contributed by atoms with Crippen LogP contribution in [0.1, 0.15) is 11.1 Å². The minimum atomic E-state index is 0.608. The summed E-state index contributed by atoms with van der Waals surface area (Å²) in [6, 6.07) is 4.21. The molecule has 11 heavy (non-hydrogen) atoms. The van der Waals surface area contributed by atoms with Crippen LogP contribution in [0.25, 0.3) is 0 Å². The van der Waals surface area contributed by atoms with Crippen LogP contribution in [-0.2, 0) is 6.54 Å². The molecule has 0 aliphatic carbocycles. The highest BCUT2D eigenvalue weighted by molar-refractivity contribution is 14.1. The van der Waals surface area contributed by atoms with Gasteiger partial charge in [-0.3, -0.25) is 0 Å². The fourth-order valence-electron chi connectivity index (χ4n) is 0.844.